The van der Waals surface area contributed by atoms with Gasteiger partial charge in [-0.3, -0.25) is 9.79 Å². The third-order valence-corrected chi connectivity index (χ3v) is 7.64. The van der Waals surface area contributed by atoms with Crippen molar-refractivity contribution in [2.45, 2.75) is 30.7 Å². The molecule has 0 saturated carbocycles. The van der Waals surface area contributed by atoms with Gasteiger partial charge in [-0.1, -0.05) is 0 Å². The van der Waals surface area contributed by atoms with Gasteiger partial charge in [0.05, 0.1) is 30.4 Å². The summed E-state index contributed by atoms with van der Waals surface area (Å²) in [5.74, 6) is 1.63. The van der Waals surface area contributed by atoms with E-state index in [0.29, 0.717) is 17.0 Å². The standard InChI is InChI=1S/C25H23N3O6S/c1-32-22-13-23(28-25(27-22)33-2)35(30,31)16-9-7-15(8-10-16)26-14-18-19(29)11-12-21-24(18)17-5-3-4-6-20(17)34-21/h7-14H,3-6H2,1-2H3,(H,30,31)/b18-14-. The number of hydrogen-bond donors (Lipinski definition) is 1. The highest BCUT2D eigenvalue weighted by molar-refractivity contribution is 7.97. The van der Waals surface area contributed by atoms with Crippen LogP contribution in [0, 0.1) is 0 Å². The summed E-state index contributed by atoms with van der Waals surface area (Å²) in [4.78, 5) is 25.2. The number of carbonyl (C=O) groups excluding carboxylic acids is 1. The van der Waals surface area contributed by atoms with E-state index in [0.717, 1.165) is 42.6 Å². The van der Waals surface area contributed by atoms with E-state index >= 15 is 0 Å². The van der Waals surface area contributed by atoms with E-state index < -0.39 is 9.80 Å². The molecule has 0 saturated heterocycles. The first-order valence-corrected chi connectivity index (χ1v) is 12.5. The molecule has 2 heterocycles. The maximum atomic E-state index is 13.2. The molecule has 2 aromatic heterocycles. The van der Waals surface area contributed by atoms with Crippen molar-refractivity contribution in [3.05, 3.63) is 65.3 Å². The molecule has 10 heteroatoms. The van der Waals surface area contributed by atoms with E-state index in [1.54, 1.807) is 24.4 Å². The number of ether oxygens (including phenoxy) is 2. The first-order valence-electron chi connectivity index (χ1n) is 11.0. The highest BCUT2D eigenvalue weighted by atomic mass is 32.2. The molecule has 35 heavy (non-hydrogen) atoms. The number of nitrogens with zero attached hydrogens (tertiary/aromatic N) is 3. The number of fused-ring (bicyclic) bond motifs is 3. The summed E-state index contributed by atoms with van der Waals surface area (Å²) in [6.45, 7) is 0. The maximum absolute atomic E-state index is 13.2. The summed E-state index contributed by atoms with van der Waals surface area (Å²) < 4.78 is 40.0. The van der Waals surface area contributed by atoms with Crippen molar-refractivity contribution in [3.63, 3.8) is 0 Å². The molecule has 0 amide bonds. The third-order valence-electron chi connectivity index (χ3n) is 5.95. The second-order valence-electron chi connectivity index (χ2n) is 8.07. The Kier molecular flexibility index (Phi) is 6.00. The van der Waals surface area contributed by atoms with Gasteiger partial charge in [0, 0.05) is 29.8 Å². The lowest BCUT2D eigenvalue weighted by Gasteiger charge is -2.13. The van der Waals surface area contributed by atoms with Crippen LogP contribution in [0.4, 0.5) is 0 Å². The zero-order valence-electron chi connectivity index (χ0n) is 19.2. The van der Waals surface area contributed by atoms with Gasteiger partial charge in [-0.15, -0.1) is 0 Å². The SMILES string of the molecule is COc1cc(S(=O)(O)=C2C=CC(=N/C=C3/C(=O)C=Cc4oc5c(c43)CCCC5)C=C2)nc(OC)n1. The Balaban J connectivity index is 1.47. The second kappa shape index (κ2) is 9.12. The Hall–Kier alpha value is -3.76. The summed E-state index contributed by atoms with van der Waals surface area (Å²) in [7, 11) is -0.949. The Labute approximate surface area is 202 Å². The lowest BCUT2D eigenvalue weighted by molar-refractivity contribution is -0.109. The van der Waals surface area contributed by atoms with Gasteiger partial charge >= 0.3 is 6.01 Å². The van der Waals surface area contributed by atoms with Crippen LogP contribution in [0.5, 0.6) is 11.9 Å². The first-order chi connectivity index (χ1) is 16.9. The fourth-order valence-corrected chi connectivity index (χ4v) is 5.40. The molecular weight excluding hydrogens is 470 g/mol. The number of ketones is 1. The van der Waals surface area contributed by atoms with E-state index in [2.05, 4.69) is 15.0 Å². The van der Waals surface area contributed by atoms with E-state index in [4.69, 9.17) is 13.9 Å². The van der Waals surface area contributed by atoms with Gasteiger partial charge in [-0.25, -0.2) is 4.21 Å². The quantitative estimate of drug-likeness (QED) is 0.390. The van der Waals surface area contributed by atoms with Crippen LogP contribution >= 0.6 is 0 Å². The van der Waals surface area contributed by atoms with E-state index in [1.165, 1.54) is 38.5 Å². The van der Waals surface area contributed by atoms with Gasteiger partial charge in [0.1, 0.15) is 21.3 Å². The molecule has 1 atom stereocenters. The van der Waals surface area contributed by atoms with Crippen LogP contribution in [0.25, 0.3) is 11.6 Å². The van der Waals surface area contributed by atoms with Crippen molar-refractivity contribution in [1.29, 1.82) is 0 Å². The van der Waals surface area contributed by atoms with Crippen LogP contribution in [0.1, 0.15) is 35.5 Å². The number of methoxy groups -OCH3 is 2. The van der Waals surface area contributed by atoms with Crippen molar-refractivity contribution in [1.82, 2.24) is 9.97 Å². The van der Waals surface area contributed by atoms with Crippen molar-refractivity contribution in [3.8, 4) is 11.9 Å². The molecular formula is C25H23N3O6S. The van der Waals surface area contributed by atoms with Crippen LogP contribution in [-0.2, 0) is 27.4 Å². The Bertz CT molecular complexity index is 1460. The Morgan fingerprint density at radius 3 is 2.57 bits per heavy atom. The number of aryl methyl sites for hydroxylation is 1. The van der Waals surface area contributed by atoms with Gasteiger partial charge in [0.2, 0.25) is 5.88 Å². The van der Waals surface area contributed by atoms with Crippen molar-refractivity contribution >= 4 is 37.8 Å². The number of hydrogen-bond acceptors (Lipinski definition) is 8. The molecule has 9 nitrogen and oxygen atoms in total. The summed E-state index contributed by atoms with van der Waals surface area (Å²) in [6.07, 6.45) is 14.8. The minimum absolute atomic E-state index is 0.0774. The molecule has 1 N–H and O–H groups in total. The average molecular weight is 494 g/mol. The minimum Gasteiger partial charge on any atom is -0.481 e. The van der Waals surface area contributed by atoms with Gasteiger partial charge in [0.25, 0.3) is 0 Å². The largest absolute Gasteiger partial charge is 0.481 e. The lowest BCUT2D eigenvalue weighted by atomic mass is 9.88. The molecule has 0 fully saturated rings. The number of allylic oxidation sites excluding steroid dienone is 6. The molecule has 1 unspecified atom stereocenters. The predicted molar refractivity (Wildman–Crippen MR) is 132 cm³/mol. The van der Waals surface area contributed by atoms with Crippen LogP contribution in [-0.4, -0.2) is 49.3 Å². The van der Waals surface area contributed by atoms with Gasteiger partial charge in [0.15, 0.2) is 10.8 Å². The Morgan fingerprint density at radius 2 is 1.83 bits per heavy atom. The molecule has 5 rings (SSSR count). The topological polar surface area (TPSA) is 124 Å². The smallest absolute Gasteiger partial charge is 0.320 e. The zero-order chi connectivity index (χ0) is 24.6. The molecule has 180 valence electrons. The summed E-state index contributed by atoms with van der Waals surface area (Å²) >= 11 is 0. The number of carbonyl (C=O) groups is 1. The summed E-state index contributed by atoms with van der Waals surface area (Å²) in [6, 6.07) is 1.21. The Morgan fingerprint density at radius 1 is 1.06 bits per heavy atom. The number of aromatic nitrogens is 2. The van der Waals surface area contributed by atoms with Crippen molar-refractivity contribution in [2.75, 3.05) is 14.2 Å². The van der Waals surface area contributed by atoms with E-state index in [1.807, 2.05) is 0 Å². The van der Waals surface area contributed by atoms with Crippen molar-refractivity contribution < 1.29 is 27.4 Å². The number of aliphatic imine (C=N–C) groups is 1. The van der Waals surface area contributed by atoms with Crippen LogP contribution in [0.3, 0.4) is 0 Å². The average Bonchev–Trinajstić information content (AvgIpc) is 3.27. The van der Waals surface area contributed by atoms with Gasteiger partial charge in [-0.05, 0) is 55.7 Å². The van der Waals surface area contributed by atoms with Gasteiger partial charge < -0.3 is 18.4 Å². The predicted octanol–water partition coefficient (Wildman–Crippen LogP) is 3.46. The fraction of sp³-hybridized carbons (Fsp3) is 0.240. The first kappa shape index (κ1) is 23.0. The normalized spacial score (nSPS) is 19.4. The highest BCUT2D eigenvalue weighted by Gasteiger charge is 2.28. The maximum Gasteiger partial charge on any atom is 0.320 e. The monoisotopic (exact) mass is 493 g/mol. The number of furan rings is 1. The molecule has 0 bridgehead atoms. The van der Waals surface area contributed by atoms with E-state index in [9.17, 15) is 13.6 Å². The highest BCUT2D eigenvalue weighted by Crippen LogP contribution is 2.38. The van der Waals surface area contributed by atoms with Crippen LogP contribution in [0.2, 0.25) is 0 Å². The summed E-state index contributed by atoms with van der Waals surface area (Å²) in [5, 5.41) is -0.134. The second-order valence-corrected chi connectivity index (χ2v) is 10.0. The van der Waals surface area contributed by atoms with Gasteiger partial charge in [-0.2, -0.15) is 9.97 Å². The van der Waals surface area contributed by atoms with Crippen LogP contribution < -0.4 is 9.47 Å². The van der Waals surface area contributed by atoms with Crippen molar-refractivity contribution in [2.24, 2.45) is 4.99 Å². The molecule has 3 aliphatic rings. The molecule has 2 aromatic rings. The lowest BCUT2D eigenvalue weighted by Crippen LogP contribution is -2.15. The zero-order valence-corrected chi connectivity index (χ0v) is 20.0. The fourth-order valence-electron chi connectivity index (χ4n) is 4.19. The third kappa shape index (κ3) is 4.26. The number of rotatable bonds is 4. The van der Waals surface area contributed by atoms with E-state index in [-0.39, 0.29) is 27.6 Å². The molecule has 0 aromatic carbocycles. The molecule has 3 aliphatic carbocycles. The summed E-state index contributed by atoms with van der Waals surface area (Å²) in [5.41, 5.74) is 2.94. The minimum atomic E-state index is -3.70. The molecule has 0 aliphatic heterocycles. The molecule has 0 spiro atoms. The molecule has 0 radical (unpaired) electrons. The van der Waals surface area contributed by atoms with Crippen LogP contribution in [0.15, 0.2) is 57.1 Å².